The molecule has 1 aromatic carbocycles. The van der Waals surface area contributed by atoms with Crippen LogP contribution in [0.5, 0.6) is 0 Å². The Balaban J connectivity index is 2.94. The van der Waals surface area contributed by atoms with Crippen LogP contribution in [-0.4, -0.2) is 26.2 Å². The van der Waals surface area contributed by atoms with Crippen LogP contribution >= 0.6 is 15.9 Å². The van der Waals surface area contributed by atoms with Crippen LogP contribution in [0.15, 0.2) is 22.7 Å². The molecule has 92 valence electrons. The smallest absolute Gasteiger partial charge is 0.339 e. The number of hydrogen-bond donors (Lipinski definition) is 0. The minimum absolute atomic E-state index is 0.233. The molecule has 1 rings (SSSR count). The van der Waals surface area contributed by atoms with Crippen LogP contribution < -0.4 is 0 Å². The van der Waals surface area contributed by atoms with Crippen LogP contribution in [0.4, 0.5) is 0 Å². The lowest BCUT2D eigenvalue weighted by Gasteiger charge is -2.09. The van der Waals surface area contributed by atoms with Gasteiger partial charge in [0.15, 0.2) is 0 Å². The first-order valence-corrected chi connectivity index (χ1v) is 5.82. The molecule has 0 spiro atoms. The number of aryl methyl sites for hydroxylation is 1. The predicted molar refractivity (Wildman–Crippen MR) is 65.8 cm³/mol. The maximum atomic E-state index is 11.6. The Kier molecular flexibility index (Phi) is 5.15. The molecule has 4 nitrogen and oxygen atoms in total. The summed E-state index contributed by atoms with van der Waals surface area (Å²) in [6, 6.07) is 5.36. The number of halogens is 1. The zero-order valence-electron chi connectivity index (χ0n) is 9.66. The molecular weight excluding hydrogens is 288 g/mol. The summed E-state index contributed by atoms with van der Waals surface area (Å²) >= 11 is 3.30. The van der Waals surface area contributed by atoms with Crippen molar-refractivity contribution >= 4 is 27.9 Å². The van der Waals surface area contributed by atoms with Crippen molar-refractivity contribution in [2.75, 3.05) is 14.2 Å². The molecular formula is C12H13BrO4. The van der Waals surface area contributed by atoms with Gasteiger partial charge in [-0.2, -0.15) is 0 Å². The third-order valence-corrected chi connectivity index (χ3v) is 2.98. The Labute approximate surface area is 108 Å². The van der Waals surface area contributed by atoms with Gasteiger partial charge in [0.1, 0.15) is 0 Å². The molecule has 0 aliphatic heterocycles. The monoisotopic (exact) mass is 300 g/mol. The SMILES string of the molecule is COC(=O)CCc1cccc(Br)c1C(=O)OC. The van der Waals surface area contributed by atoms with Crippen molar-refractivity contribution in [1.29, 1.82) is 0 Å². The predicted octanol–water partition coefficient (Wildman–Crippen LogP) is 2.34. The van der Waals surface area contributed by atoms with E-state index in [-0.39, 0.29) is 12.4 Å². The van der Waals surface area contributed by atoms with Crippen molar-refractivity contribution in [3.8, 4) is 0 Å². The van der Waals surface area contributed by atoms with Gasteiger partial charge in [-0.25, -0.2) is 4.79 Å². The highest BCUT2D eigenvalue weighted by molar-refractivity contribution is 9.10. The summed E-state index contributed by atoms with van der Waals surface area (Å²) in [5, 5.41) is 0. The van der Waals surface area contributed by atoms with Gasteiger partial charge < -0.3 is 9.47 Å². The van der Waals surface area contributed by atoms with Crippen LogP contribution in [0, 0.1) is 0 Å². The number of benzene rings is 1. The summed E-state index contributed by atoms with van der Waals surface area (Å²) in [6.45, 7) is 0. The second-order valence-electron chi connectivity index (χ2n) is 3.34. The Morgan fingerprint density at radius 2 is 1.94 bits per heavy atom. The van der Waals surface area contributed by atoms with Crippen molar-refractivity contribution in [3.05, 3.63) is 33.8 Å². The molecule has 17 heavy (non-hydrogen) atoms. The standard InChI is InChI=1S/C12H13BrO4/c1-16-10(14)7-6-8-4-3-5-9(13)11(8)12(15)17-2/h3-5H,6-7H2,1-2H3. The summed E-state index contributed by atoms with van der Waals surface area (Å²) in [6.07, 6.45) is 0.674. The maximum Gasteiger partial charge on any atom is 0.339 e. The molecule has 0 heterocycles. The summed E-state index contributed by atoms with van der Waals surface area (Å²) < 4.78 is 9.93. The van der Waals surface area contributed by atoms with Crippen molar-refractivity contribution in [2.24, 2.45) is 0 Å². The fourth-order valence-corrected chi connectivity index (χ4v) is 2.02. The van der Waals surface area contributed by atoms with Gasteiger partial charge in [0.25, 0.3) is 0 Å². The maximum absolute atomic E-state index is 11.6. The van der Waals surface area contributed by atoms with Gasteiger partial charge in [0.2, 0.25) is 0 Å². The van der Waals surface area contributed by atoms with E-state index in [0.29, 0.717) is 16.5 Å². The van der Waals surface area contributed by atoms with E-state index in [1.54, 1.807) is 12.1 Å². The molecule has 0 saturated carbocycles. The lowest BCUT2D eigenvalue weighted by molar-refractivity contribution is -0.140. The molecule has 0 radical (unpaired) electrons. The van der Waals surface area contributed by atoms with Gasteiger partial charge in [0, 0.05) is 10.9 Å². The van der Waals surface area contributed by atoms with E-state index in [1.807, 2.05) is 6.07 Å². The highest BCUT2D eigenvalue weighted by Crippen LogP contribution is 2.22. The Hall–Kier alpha value is -1.36. The van der Waals surface area contributed by atoms with Gasteiger partial charge in [-0.15, -0.1) is 0 Å². The Morgan fingerprint density at radius 3 is 2.53 bits per heavy atom. The van der Waals surface area contributed by atoms with E-state index in [2.05, 4.69) is 20.7 Å². The van der Waals surface area contributed by atoms with E-state index >= 15 is 0 Å². The van der Waals surface area contributed by atoms with E-state index in [9.17, 15) is 9.59 Å². The van der Waals surface area contributed by atoms with Gasteiger partial charge in [-0.1, -0.05) is 12.1 Å². The topological polar surface area (TPSA) is 52.6 Å². The fourth-order valence-electron chi connectivity index (χ4n) is 1.45. The first kappa shape index (κ1) is 13.7. The Bertz CT molecular complexity index is 429. The molecule has 0 aliphatic carbocycles. The second kappa shape index (κ2) is 6.39. The third-order valence-electron chi connectivity index (χ3n) is 2.32. The number of hydrogen-bond acceptors (Lipinski definition) is 4. The van der Waals surface area contributed by atoms with Gasteiger partial charge in [0.05, 0.1) is 19.8 Å². The van der Waals surface area contributed by atoms with Crippen molar-refractivity contribution < 1.29 is 19.1 Å². The summed E-state index contributed by atoms with van der Waals surface area (Å²) in [5.74, 6) is -0.724. The lowest BCUT2D eigenvalue weighted by Crippen LogP contribution is -2.09. The van der Waals surface area contributed by atoms with E-state index in [0.717, 1.165) is 5.56 Å². The third kappa shape index (κ3) is 3.56. The summed E-state index contributed by atoms with van der Waals surface area (Å²) in [7, 11) is 2.66. The van der Waals surface area contributed by atoms with Crippen molar-refractivity contribution in [2.45, 2.75) is 12.8 Å². The van der Waals surface area contributed by atoms with Crippen LogP contribution in [0.25, 0.3) is 0 Å². The molecule has 0 fully saturated rings. The van der Waals surface area contributed by atoms with Gasteiger partial charge in [-0.3, -0.25) is 4.79 Å². The number of carbonyl (C=O) groups excluding carboxylic acids is 2. The minimum Gasteiger partial charge on any atom is -0.469 e. The van der Waals surface area contributed by atoms with E-state index in [1.165, 1.54) is 14.2 Å². The first-order valence-electron chi connectivity index (χ1n) is 5.02. The average molecular weight is 301 g/mol. The highest BCUT2D eigenvalue weighted by Gasteiger charge is 2.16. The lowest BCUT2D eigenvalue weighted by atomic mass is 10.0. The van der Waals surface area contributed by atoms with Crippen LogP contribution in [-0.2, 0) is 20.7 Å². The van der Waals surface area contributed by atoms with Crippen LogP contribution in [0.1, 0.15) is 22.3 Å². The molecule has 0 aromatic heterocycles. The van der Waals surface area contributed by atoms with Crippen LogP contribution in [0.3, 0.4) is 0 Å². The largest absolute Gasteiger partial charge is 0.469 e. The van der Waals surface area contributed by atoms with Crippen LogP contribution in [0.2, 0.25) is 0 Å². The van der Waals surface area contributed by atoms with E-state index < -0.39 is 5.97 Å². The second-order valence-corrected chi connectivity index (χ2v) is 4.20. The molecule has 0 saturated heterocycles. The van der Waals surface area contributed by atoms with Crippen molar-refractivity contribution in [3.63, 3.8) is 0 Å². The molecule has 5 heteroatoms. The average Bonchev–Trinajstić information content (AvgIpc) is 2.35. The van der Waals surface area contributed by atoms with E-state index in [4.69, 9.17) is 4.74 Å². The van der Waals surface area contributed by atoms with Gasteiger partial charge >= 0.3 is 11.9 Å². The molecule has 0 unspecified atom stereocenters. The molecule has 0 aliphatic rings. The zero-order chi connectivity index (χ0) is 12.8. The number of carbonyl (C=O) groups is 2. The number of rotatable bonds is 4. The summed E-state index contributed by atoms with van der Waals surface area (Å²) in [4.78, 5) is 22.7. The zero-order valence-corrected chi connectivity index (χ0v) is 11.2. The fraction of sp³-hybridized carbons (Fsp3) is 0.333. The molecule has 0 atom stereocenters. The molecule has 0 N–H and O–H groups in total. The number of esters is 2. The Morgan fingerprint density at radius 1 is 1.24 bits per heavy atom. The quantitative estimate of drug-likeness (QED) is 0.801. The normalized spacial score (nSPS) is 9.82. The highest BCUT2D eigenvalue weighted by atomic mass is 79.9. The first-order chi connectivity index (χ1) is 8.10. The number of ether oxygens (including phenoxy) is 2. The minimum atomic E-state index is -0.419. The van der Waals surface area contributed by atoms with Crippen molar-refractivity contribution in [1.82, 2.24) is 0 Å². The van der Waals surface area contributed by atoms with Gasteiger partial charge in [-0.05, 0) is 34.0 Å². The molecule has 0 bridgehead atoms. The summed E-state index contributed by atoms with van der Waals surface area (Å²) in [5.41, 5.74) is 1.22. The number of methoxy groups -OCH3 is 2. The molecule has 1 aromatic rings. The molecule has 0 amide bonds.